The first-order valence-corrected chi connectivity index (χ1v) is 8.17. The molecular formula is C17H27N3O3. The number of carbonyl (C=O) groups is 1. The van der Waals surface area contributed by atoms with Crippen molar-refractivity contribution in [2.75, 3.05) is 26.7 Å². The molecule has 0 saturated heterocycles. The Balaban J connectivity index is 2.04. The van der Waals surface area contributed by atoms with Crippen molar-refractivity contribution in [1.29, 1.82) is 0 Å². The Morgan fingerprint density at radius 3 is 3.00 bits per heavy atom. The van der Waals surface area contributed by atoms with Gasteiger partial charge in [-0.15, -0.1) is 0 Å². The van der Waals surface area contributed by atoms with Crippen LogP contribution in [0.2, 0.25) is 0 Å². The summed E-state index contributed by atoms with van der Waals surface area (Å²) in [6.07, 6.45) is 3.40. The van der Waals surface area contributed by atoms with Gasteiger partial charge in [0.25, 0.3) is 0 Å². The van der Waals surface area contributed by atoms with Crippen LogP contribution >= 0.6 is 0 Å². The van der Waals surface area contributed by atoms with Gasteiger partial charge in [-0.05, 0) is 44.4 Å². The number of amides is 1. The van der Waals surface area contributed by atoms with E-state index in [0.717, 1.165) is 44.6 Å². The quantitative estimate of drug-likeness (QED) is 0.689. The minimum Gasteiger partial charge on any atom is -0.496 e. The Morgan fingerprint density at radius 1 is 1.43 bits per heavy atom. The summed E-state index contributed by atoms with van der Waals surface area (Å²) in [5, 5.41) is 11.5. The fraction of sp³-hybridized carbons (Fsp3) is 0.588. The third kappa shape index (κ3) is 5.20. The molecule has 6 heteroatoms. The number of carbonyl (C=O) groups excluding carboxylic acids is 1. The van der Waals surface area contributed by atoms with Crippen LogP contribution in [0.15, 0.2) is 18.2 Å². The minimum atomic E-state index is -0.204. The van der Waals surface area contributed by atoms with E-state index in [-0.39, 0.29) is 18.5 Å². The molecule has 1 amide bonds. The van der Waals surface area contributed by atoms with Crippen LogP contribution in [0.5, 0.6) is 5.75 Å². The van der Waals surface area contributed by atoms with E-state index in [1.807, 2.05) is 24.5 Å². The van der Waals surface area contributed by atoms with Crippen molar-refractivity contribution in [2.45, 2.75) is 38.8 Å². The number of fused-ring (bicyclic) bond motifs is 1. The van der Waals surface area contributed by atoms with Crippen molar-refractivity contribution in [3.05, 3.63) is 29.3 Å². The zero-order valence-corrected chi connectivity index (χ0v) is 14.0. The molecule has 1 aromatic rings. The van der Waals surface area contributed by atoms with E-state index in [1.165, 1.54) is 11.1 Å². The molecular weight excluding hydrogens is 294 g/mol. The second-order valence-corrected chi connectivity index (χ2v) is 6.09. The van der Waals surface area contributed by atoms with Gasteiger partial charge in [-0.1, -0.05) is 12.1 Å². The molecule has 0 unspecified atom stereocenters. The average molecular weight is 321 g/mol. The summed E-state index contributed by atoms with van der Waals surface area (Å²) in [4.78, 5) is 13.9. The molecule has 23 heavy (non-hydrogen) atoms. The summed E-state index contributed by atoms with van der Waals surface area (Å²) in [7, 11) is 1.71. The molecule has 1 aromatic carbocycles. The van der Waals surface area contributed by atoms with Crippen LogP contribution in [0.4, 0.5) is 0 Å². The normalized spacial score (nSPS) is 16.8. The molecule has 0 radical (unpaired) electrons. The van der Waals surface area contributed by atoms with Gasteiger partial charge in [0.2, 0.25) is 5.91 Å². The number of benzene rings is 1. The number of hydrogen-bond acceptors (Lipinski definition) is 5. The highest BCUT2D eigenvalue weighted by Crippen LogP contribution is 2.27. The number of aryl methyl sites for hydroxylation is 1. The highest BCUT2D eigenvalue weighted by atomic mass is 16.5. The SMILES string of the molecule is COc1cccc2c1CN(C[C@H](C)NC(=O)CNO)CCCC2. The predicted octanol–water partition coefficient (Wildman–Crippen LogP) is 1.32. The lowest BCUT2D eigenvalue weighted by Gasteiger charge is -2.29. The van der Waals surface area contributed by atoms with Gasteiger partial charge in [-0.25, -0.2) is 0 Å². The molecule has 0 saturated carbocycles. The third-order valence-corrected chi connectivity index (χ3v) is 4.18. The van der Waals surface area contributed by atoms with Crippen LogP contribution in [0.1, 0.15) is 30.9 Å². The molecule has 1 aliphatic heterocycles. The largest absolute Gasteiger partial charge is 0.496 e. The lowest BCUT2D eigenvalue weighted by atomic mass is 9.98. The first-order valence-electron chi connectivity index (χ1n) is 8.17. The van der Waals surface area contributed by atoms with Gasteiger partial charge in [-0.2, -0.15) is 5.48 Å². The van der Waals surface area contributed by atoms with Crippen molar-refractivity contribution < 1.29 is 14.7 Å². The number of rotatable bonds is 6. The van der Waals surface area contributed by atoms with Crippen molar-refractivity contribution >= 4 is 5.91 Å². The molecule has 6 nitrogen and oxygen atoms in total. The summed E-state index contributed by atoms with van der Waals surface area (Å²) < 4.78 is 5.53. The van der Waals surface area contributed by atoms with E-state index >= 15 is 0 Å². The van der Waals surface area contributed by atoms with Crippen LogP contribution < -0.4 is 15.5 Å². The van der Waals surface area contributed by atoms with Crippen molar-refractivity contribution in [2.24, 2.45) is 0 Å². The number of nitrogens with zero attached hydrogens (tertiary/aromatic N) is 1. The monoisotopic (exact) mass is 321 g/mol. The maximum atomic E-state index is 11.5. The molecule has 0 spiro atoms. The lowest BCUT2D eigenvalue weighted by Crippen LogP contribution is -2.45. The van der Waals surface area contributed by atoms with Gasteiger partial charge < -0.3 is 15.3 Å². The Morgan fingerprint density at radius 2 is 2.26 bits per heavy atom. The number of hydroxylamine groups is 1. The molecule has 0 aliphatic carbocycles. The van der Waals surface area contributed by atoms with Crippen molar-refractivity contribution in [1.82, 2.24) is 15.7 Å². The zero-order valence-electron chi connectivity index (χ0n) is 14.0. The molecule has 3 N–H and O–H groups in total. The molecule has 1 heterocycles. The van der Waals surface area contributed by atoms with Crippen molar-refractivity contribution in [3.8, 4) is 5.75 Å². The number of hydrogen-bond donors (Lipinski definition) is 3. The Hall–Kier alpha value is -1.63. The predicted molar refractivity (Wildman–Crippen MR) is 88.6 cm³/mol. The first-order chi connectivity index (χ1) is 11.1. The summed E-state index contributed by atoms with van der Waals surface area (Å²) in [6.45, 7) is 4.51. The van der Waals surface area contributed by atoms with Crippen LogP contribution in [0.25, 0.3) is 0 Å². The second-order valence-electron chi connectivity index (χ2n) is 6.09. The maximum Gasteiger partial charge on any atom is 0.236 e. The van der Waals surface area contributed by atoms with E-state index in [1.54, 1.807) is 7.11 Å². The van der Waals surface area contributed by atoms with Gasteiger partial charge in [-0.3, -0.25) is 9.69 Å². The van der Waals surface area contributed by atoms with Crippen LogP contribution in [0, 0.1) is 0 Å². The highest BCUT2D eigenvalue weighted by Gasteiger charge is 2.18. The van der Waals surface area contributed by atoms with E-state index in [4.69, 9.17) is 9.94 Å². The van der Waals surface area contributed by atoms with E-state index in [9.17, 15) is 4.79 Å². The number of nitrogens with one attached hydrogen (secondary N) is 2. The smallest absolute Gasteiger partial charge is 0.236 e. The van der Waals surface area contributed by atoms with E-state index < -0.39 is 0 Å². The second kappa shape index (κ2) is 8.86. The van der Waals surface area contributed by atoms with Crippen LogP contribution in [0.3, 0.4) is 0 Å². The lowest BCUT2D eigenvalue weighted by molar-refractivity contribution is -0.122. The highest BCUT2D eigenvalue weighted by molar-refractivity contribution is 5.78. The van der Waals surface area contributed by atoms with E-state index in [2.05, 4.69) is 16.3 Å². The summed E-state index contributed by atoms with van der Waals surface area (Å²) in [6, 6.07) is 6.26. The molecule has 0 aromatic heterocycles. The Bertz CT molecular complexity index is 522. The Kier molecular flexibility index (Phi) is 6.83. The van der Waals surface area contributed by atoms with Gasteiger partial charge in [0.1, 0.15) is 5.75 Å². The standard InChI is InChI=1S/C17H27N3O3/c1-13(19-17(21)10-18-22)11-20-9-4-3-6-14-7-5-8-16(23-2)15(14)12-20/h5,7-8,13,18,22H,3-4,6,9-12H2,1-2H3,(H,19,21)/t13-/m0/s1. The molecule has 128 valence electrons. The van der Waals surface area contributed by atoms with Gasteiger partial charge in [0.15, 0.2) is 0 Å². The molecule has 1 aliphatic rings. The summed E-state index contributed by atoms with van der Waals surface area (Å²) in [5.74, 6) is 0.737. The summed E-state index contributed by atoms with van der Waals surface area (Å²) >= 11 is 0. The summed E-state index contributed by atoms with van der Waals surface area (Å²) in [5.41, 5.74) is 4.49. The van der Waals surface area contributed by atoms with Gasteiger partial charge in [0, 0.05) is 24.7 Å². The topological polar surface area (TPSA) is 73.8 Å². The molecule has 2 rings (SSSR count). The first kappa shape index (κ1) is 17.7. The van der Waals surface area contributed by atoms with Crippen molar-refractivity contribution in [3.63, 3.8) is 0 Å². The minimum absolute atomic E-state index is 0.0217. The number of ether oxygens (including phenoxy) is 1. The van der Waals surface area contributed by atoms with Gasteiger partial charge >= 0.3 is 0 Å². The molecule has 0 bridgehead atoms. The fourth-order valence-electron chi connectivity index (χ4n) is 3.16. The fourth-order valence-corrected chi connectivity index (χ4v) is 3.16. The van der Waals surface area contributed by atoms with Crippen LogP contribution in [-0.2, 0) is 17.8 Å². The average Bonchev–Trinajstić information content (AvgIpc) is 2.49. The molecule has 1 atom stereocenters. The molecule has 0 fully saturated rings. The number of methoxy groups -OCH3 is 1. The maximum absolute atomic E-state index is 11.5. The third-order valence-electron chi connectivity index (χ3n) is 4.18. The zero-order chi connectivity index (χ0) is 16.7. The Labute approximate surface area is 137 Å². The van der Waals surface area contributed by atoms with Gasteiger partial charge in [0.05, 0.1) is 13.7 Å². The van der Waals surface area contributed by atoms with E-state index in [0.29, 0.717) is 0 Å². The van der Waals surface area contributed by atoms with Crippen LogP contribution in [-0.4, -0.2) is 48.8 Å².